The molecular weight excluding hydrogens is 314 g/mol. The van der Waals surface area contributed by atoms with Gasteiger partial charge in [-0.1, -0.05) is 36.7 Å². The van der Waals surface area contributed by atoms with E-state index >= 15 is 0 Å². The first-order chi connectivity index (χ1) is 9.41. The number of fused-ring (bicyclic) bond motifs is 1. The van der Waals surface area contributed by atoms with Crippen molar-refractivity contribution in [3.05, 3.63) is 27.7 Å². The Morgan fingerprint density at radius 3 is 2.80 bits per heavy atom. The van der Waals surface area contributed by atoms with Gasteiger partial charge in [-0.05, 0) is 54.5 Å². The summed E-state index contributed by atoms with van der Waals surface area (Å²) in [6.07, 6.45) is 4.61. The van der Waals surface area contributed by atoms with E-state index in [2.05, 4.69) is 54.2 Å². The van der Waals surface area contributed by atoms with E-state index in [0.29, 0.717) is 0 Å². The number of hydrogen-bond acceptors (Lipinski definition) is 2. The summed E-state index contributed by atoms with van der Waals surface area (Å²) in [4.78, 5) is 0. The molecule has 0 spiro atoms. The highest BCUT2D eigenvalue weighted by atomic mass is 79.9. The number of rotatable bonds is 2. The molecular formula is C17H24BrNO. The predicted molar refractivity (Wildman–Crippen MR) is 86.5 cm³/mol. The van der Waals surface area contributed by atoms with E-state index in [4.69, 9.17) is 4.74 Å². The Hall–Kier alpha value is -0.540. The minimum Gasteiger partial charge on any atom is -0.493 e. The van der Waals surface area contributed by atoms with Gasteiger partial charge in [0.25, 0.3) is 0 Å². The van der Waals surface area contributed by atoms with Crippen molar-refractivity contribution in [3.8, 4) is 5.75 Å². The Morgan fingerprint density at radius 2 is 2.15 bits per heavy atom. The fraction of sp³-hybridized carbons (Fsp3) is 0.647. The zero-order chi connectivity index (χ0) is 14.4. The lowest BCUT2D eigenvalue weighted by Gasteiger charge is -2.43. The maximum Gasteiger partial charge on any atom is 0.125 e. The standard InChI is InChI=1S/C17H24BrNO/c1-16(2,3)17(6-4-7-19-17)11-13-10-14(18)9-12-5-8-20-15(12)13/h9-10,19H,4-8,11H2,1-3H3. The average Bonchev–Trinajstić information content (AvgIpc) is 2.96. The molecule has 0 amide bonds. The molecule has 1 N–H and O–H groups in total. The van der Waals surface area contributed by atoms with Crippen LogP contribution in [0.25, 0.3) is 0 Å². The molecule has 0 aromatic heterocycles. The predicted octanol–water partition coefficient (Wildman–Crippen LogP) is 4.09. The van der Waals surface area contributed by atoms with Crippen LogP contribution in [-0.2, 0) is 12.8 Å². The van der Waals surface area contributed by atoms with E-state index in [1.807, 2.05) is 0 Å². The highest BCUT2D eigenvalue weighted by Gasteiger charge is 2.44. The molecule has 2 aliphatic heterocycles. The lowest BCUT2D eigenvalue weighted by atomic mass is 9.69. The van der Waals surface area contributed by atoms with Gasteiger partial charge in [0.15, 0.2) is 0 Å². The Labute approximate surface area is 130 Å². The molecule has 2 aliphatic rings. The van der Waals surface area contributed by atoms with Gasteiger partial charge in [-0.25, -0.2) is 0 Å². The van der Waals surface area contributed by atoms with Crippen LogP contribution in [0, 0.1) is 5.41 Å². The molecule has 2 nitrogen and oxygen atoms in total. The third-order valence-electron chi connectivity index (χ3n) is 5.00. The molecule has 0 aliphatic carbocycles. The van der Waals surface area contributed by atoms with Gasteiger partial charge in [-0.15, -0.1) is 0 Å². The minimum absolute atomic E-state index is 0.188. The van der Waals surface area contributed by atoms with Crippen LogP contribution in [0.15, 0.2) is 16.6 Å². The van der Waals surface area contributed by atoms with Gasteiger partial charge in [0, 0.05) is 16.4 Å². The fourth-order valence-corrected chi connectivity index (χ4v) is 4.22. The third-order valence-corrected chi connectivity index (χ3v) is 5.45. The van der Waals surface area contributed by atoms with Crippen LogP contribution in [0.1, 0.15) is 44.7 Å². The molecule has 0 radical (unpaired) electrons. The van der Waals surface area contributed by atoms with Gasteiger partial charge in [-0.2, -0.15) is 0 Å². The first kappa shape index (κ1) is 14.4. The number of nitrogens with one attached hydrogen (secondary N) is 1. The van der Waals surface area contributed by atoms with Crippen LogP contribution in [-0.4, -0.2) is 18.7 Å². The zero-order valence-corrected chi connectivity index (χ0v) is 14.3. The molecule has 1 aromatic rings. The monoisotopic (exact) mass is 337 g/mol. The van der Waals surface area contributed by atoms with E-state index in [9.17, 15) is 0 Å². The fourth-order valence-electron chi connectivity index (χ4n) is 3.66. The summed E-state index contributed by atoms with van der Waals surface area (Å²) in [6, 6.07) is 4.45. The molecule has 1 fully saturated rings. The third kappa shape index (κ3) is 2.39. The number of ether oxygens (including phenoxy) is 1. The summed E-state index contributed by atoms with van der Waals surface area (Å²) in [7, 11) is 0. The van der Waals surface area contributed by atoms with Gasteiger partial charge in [-0.3, -0.25) is 0 Å². The first-order valence-corrected chi connectivity index (χ1v) is 8.40. The summed E-state index contributed by atoms with van der Waals surface area (Å²) in [6.45, 7) is 9.02. The smallest absolute Gasteiger partial charge is 0.125 e. The van der Waals surface area contributed by atoms with Gasteiger partial charge in [0.1, 0.15) is 5.75 Å². The van der Waals surface area contributed by atoms with Gasteiger partial charge >= 0.3 is 0 Å². The van der Waals surface area contributed by atoms with Gasteiger partial charge in [0.05, 0.1) is 6.61 Å². The molecule has 2 heterocycles. The van der Waals surface area contributed by atoms with E-state index in [0.717, 1.165) is 31.7 Å². The summed E-state index contributed by atoms with van der Waals surface area (Å²) in [5, 5.41) is 3.80. The van der Waals surface area contributed by atoms with Crippen LogP contribution in [0.4, 0.5) is 0 Å². The van der Waals surface area contributed by atoms with Crippen LogP contribution >= 0.6 is 15.9 Å². The van der Waals surface area contributed by atoms with Crippen molar-refractivity contribution < 1.29 is 4.74 Å². The van der Waals surface area contributed by atoms with Crippen molar-refractivity contribution in [2.24, 2.45) is 5.41 Å². The van der Waals surface area contributed by atoms with E-state index in [-0.39, 0.29) is 11.0 Å². The summed E-state index contributed by atoms with van der Waals surface area (Å²) in [5.74, 6) is 1.14. The quantitative estimate of drug-likeness (QED) is 0.877. The van der Waals surface area contributed by atoms with Crippen LogP contribution in [0.2, 0.25) is 0 Å². The summed E-state index contributed by atoms with van der Waals surface area (Å²) in [5.41, 5.74) is 3.15. The maximum atomic E-state index is 5.90. The molecule has 110 valence electrons. The Morgan fingerprint density at radius 1 is 1.35 bits per heavy atom. The van der Waals surface area contributed by atoms with Crippen LogP contribution < -0.4 is 10.1 Å². The lowest BCUT2D eigenvalue weighted by molar-refractivity contribution is 0.158. The second-order valence-corrected chi connectivity index (χ2v) is 8.11. The molecule has 1 saturated heterocycles. The molecule has 1 atom stereocenters. The van der Waals surface area contributed by atoms with E-state index < -0.39 is 0 Å². The molecule has 20 heavy (non-hydrogen) atoms. The molecule has 3 heteroatoms. The topological polar surface area (TPSA) is 21.3 Å². The number of hydrogen-bond donors (Lipinski definition) is 1. The Bertz CT molecular complexity index is 512. The minimum atomic E-state index is 0.188. The SMILES string of the molecule is CC(C)(C)C1(Cc2cc(Br)cc3c2OCC3)CCCN1. The van der Waals surface area contributed by atoms with Crippen molar-refractivity contribution in [1.29, 1.82) is 0 Å². The number of benzene rings is 1. The van der Waals surface area contributed by atoms with Crippen LogP contribution in [0.5, 0.6) is 5.75 Å². The highest BCUT2D eigenvalue weighted by Crippen LogP contribution is 2.43. The second-order valence-electron chi connectivity index (χ2n) is 7.19. The Balaban J connectivity index is 1.98. The maximum absolute atomic E-state index is 5.90. The normalized spacial score (nSPS) is 25.6. The molecule has 1 aromatic carbocycles. The van der Waals surface area contributed by atoms with Gasteiger partial charge < -0.3 is 10.1 Å². The van der Waals surface area contributed by atoms with Crippen molar-refractivity contribution in [1.82, 2.24) is 5.32 Å². The summed E-state index contributed by atoms with van der Waals surface area (Å²) < 4.78 is 7.08. The van der Waals surface area contributed by atoms with Crippen molar-refractivity contribution in [2.75, 3.05) is 13.2 Å². The average molecular weight is 338 g/mol. The van der Waals surface area contributed by atoms with Crippen molar-refractivity contribution in [2.45, 2.75) is 52.0 Å². The van der Waals surface area contributed by atoms with Crippen LogP contribution in [0.3, 0.4) is 0 Å². The van der Waals surface area contributed by atoms with E-state index in [1.165, 1.54) is 28.4 Å². The molecule has 0 bridgehead atoms. The van der Waals surface area contributed by atoms with Gasteiger partial charge in [0.2, 0.25) is 0 Å². The lowest BCUT2D eigenvalue weighted by Crippen LogP contribution is -2.52. The largest absolute Gasteiger partial charge is 0.493 e. The first-order valence-electron chi connectivity index (χ1n) is 7.60. The molecule has 0 saturated carbocycles. The Kier molecular flexibility index (Phi) is 3.62. The van der Waals surface area contributed by atoms with Crippen molar-refractivity contribution in [3.63, 3.8) is 0 Å². The highest BCUT2D eigenvalue weighted by molar-refractivity contribution is 9.10. The molecule has 3 rings (SSSR count). The second kappa shape index (κ2) is 5.03. The van der Waals surface area contributed by atoms with Crippen molar-refractivity contribution >= 4 is 15.9 Å². The van der Waals surface area contributed by atoms with E-state index in [1.54, 1.807) is 0 Å². The number of halogens is 1. The molecule has 1 unspecified atom stereocenters. The zero-order valence-electron chi connectivity index (χ0n) is 12.7. The summed E-state index contributed by atoms with van der Waals surface area (Å²) >= 11 is 3.66.